The molecule has 8 heteroatoms. The predicted molar refractivity (Wildman–Crippen MR) is 134 cm³/mol. The van der Waals surface area contributed by atoms with Crippen LogP contribution in [0.15, 0.2) is 89.3 Å². The lowest BCUT2D eigenvalue weighted by Crippen LogP contribution is -2.13. The molecule has 0 spiro atoms. The maximum absolute atomic E-state index is 12.5. The van der Waals surface area contributed by atoms with Crippen LogP contribution in [0.5, 0.6) is 0 Å². The minimum atomic E-state index is -0.271. The van der Waals surface area contributed by atoms with Crippen LogP contribution in [0, 0.1) is 0 Å². The van der Waals surface area contributed by atoms with Gasteiger partial charge in [0.15, 0.2) is 4.34 Å². The Kier molecular flexibility index (Phi) is 7.84. The van der Waals surface area contributed by atoms with Crippen LogP contribution in [0.3, 0.4) is 0 Å². The molecule has 0 saturated heterocycles. The molecule has 0 radical (unpaired) electrons. The Hall–Kier alpha value is -3.49. The van der Waals surface area contributed by atoms with Crippen LogP contribution < -0.4 is 10.6 Å². The quantitative estimate of drug-likeness (QED) is 0.183. The van der Waals surface area contributed by atoms with Crippen molar-refractivity contribution in [1.82, 2.24) is 10.2 Å². The number of hydrogen-bond acceptors (Lipinski definition) is 6. The molecule has 4 aromatic rings. The Labute approximate surface area is 200 Å². The van der Waals surface area contributed by atoms with Gasteiger partial charge >= 0.3 is 0 Å². The lowest BCUT2D eigenvalue weighted by Gasteiger charge is -2.06. The highest BCUT2D eigenvalue weighted by Gasteiger charge is 2.11. The number of amides is 2. The van der Waals surface area contributed by atoms with Gasteiger partial charge in [-0.3, -0.25) is 14.9 Å². The van der Waals surface area contributed by atoms with Gasteiger partial charge in [-0.25, -0.2) is 0 Å². The van der Waals surface area contributed by atoms with Gasteiger partial charge in [-0.05, 0) is 54.8 Å². The highest BCUT2D eigenvalue weighted by molar-refractivity contribution is 8.01. The second-order valence-corrected chi connectivity index (χ2v) is 9.48. The maximum Gasteiger partial charge on any atom is 0.257 e. The van der Waals surface area contributed by atoms with Crippen LogP contribution in [-0.4, -0.2) is 27.8 Å². The van der Waals surface area contributed by atoms with Crippen LogP contribution in [0.4, 0.5) is 10.8 Å². The summed E-state index contributed by atoms with van der Waals surface area (Å²) in [6, 6.07) is 26.1. The monoisotopic (exact) mass is 474 g/mol. The molecule has 0 bridgehead atoms. The van der Waals surface area contributed by atoms with Crippen LogP contribution in [0.25, 0.3) is 0 Å². The Bertz CT molecular complexity index is 1200. The highest BCUT2D eigenvalue weighted by atomic mass is 32.2. The molecule has 6 nitrogen and oxygen atoms in total. The van der Waals surface area contributed by atoms with Crippen LogP contribution >= 0.6 is 23.1 Å². The zero-order valence-electron chi connectivity index (χ0n) is 17.7. The van der Waals surface area contributed by atoms with E-state index in [9.17, 15) is 9.59 Å². The molecular weight excluding hydrogens is 452 g/mol. The third kappa shape index (κ3) is 6.74. The average Bonchev–Trinajstić information content (AvgIpc) is 3.30. The number of nitrogens with zero attached hydrogens (tertiary/aromatic N) is 2. The minimum Gasteiger partial charge on any atom is -0.322 e. The smallest absolute Gasteiger partial charge is 0.257 e. The van der Waals surface area contributed by atoms with E-state index in [0.717, 1.165) is 22.9 Å². The summed E-state index contributed by atoms with van der Waals surface area (Å²) in [7, 11) is 0. The first-order valence-corrected chi connectivity index (χ1v) is 12.3. The Morgan fingerprint density at radius 3 is 2.12 bits per heavy atom. The lowest BCUT2D eigenvalue weighted by atomic mass is 10.1. The summed E-state index contributed by atoms with van der Waals surface area (Å²) in [5, 5.41) is 14.3. The number of carbonyl (C=O) groups excluding carboxylic acids is 2. The van der Waals surface area contributed by atoms with Crippen molar-refractivity contribution in [3.8, 4) is 0 Å². The third-order valence-electron chi connectivity index (χ3n) is 4.75. The summed E-state index contributed by atoms with van der Waals surface area (Å²) in [4.78, 5) is 24.8. The molecule has 0 aliphatic carbocycles. The first-order chi connectivity index (χ1) is 16.2. The van der Waals surface area contributed by atoms with Gasteiger partial charge in [0.1, 0.15) is 0 Å². The van der Waals surface area contributed by atoms with Crippen molar-refractivity contribution in [2.45, 2.75) is 17.2 Å². The predicted octanol–water partition coefficient (Wildman–Crippen LogP) is 5.77. The van der Waals surface area contributed by atoms with Crippen molar-refractivity contribution in [1.29, 1.82) is 0 Å². The minimum absolute atomic E-state index is 0.199. The standard InChI is InChI=1S/C25H22N4O2S2/c30-22(19-11-5-2-6-12-19)26-21-15-13-20(14-16-21)23(31)27-24-28-29-25(33-24)32-17-7-10-18-8-3-1-4-9-18/h1-6,8-9,11-16H,7,10,17H2,(H,26,30)(H,27,28,31). The molecule has 2 N–H and O–H groups in total. The van der Waals surface area contributed by atoms with Crippen LogP contribution in [0.1, 0.15) is 32.7 Å². The van der Waals surface area contributed by atoms with Gasteiger partial charge in [0.2, 0.25) is 5.13 Å². The van der Waals surface area contributed by atoms with Crippen molar-refractivity contribution in [2.75, 3.05) is 16.4 Å². The van der Waals surface area contributed by atoms with Crippen LogP contribution in [-0.2, 0) is 6.42 Å². The first-order valence-electron chi connectivity index (χ1n) is 10.5. The molecule has 0 saturated carbocycles. The molecule has 0 atom stereocenters. The SMILES string of the molecule is O=C(Nc1ccc(C(=O)Nc2nnc(SCCCc3ccccc3)s2)cc1)c1ccccc1. The molecule has 1 aromatic heterocycles. The molecule has 33 heavy (non-hydrogen) atoms. The summed E-state index contributed by atoms with van der Waals surface area (Å²) in [6.45, 7) is 0. The van der Waals surface area contributed by atoms with Gasteiger partial charge in [-0.2, -0.15) is 0 Å². The number of hydrogen-bond donors (Lipinski definition) is 2. The van der Waals surface area contributed by atoms with Crippen LogP contribution in [0.2, 0.25) is 0 Å². The molecular formula is C25H22N4O2S2. The normalized spacial score (nSPS) is 10.5. The van der Waals surface area contributed by atoms with Gasteiger partial charge in [0.05, 0.1) is 0 Å². The van der Waals surface area contributed by atoms with E-state index in [1.165, 1.54) is 16.9 Å². The number of carbonyl (C=O) groups is 2. The molecule has 166 valence electrons. The highest BCUT2D eigenvalue weighted by Crippen LogP contribution is 2.26. The molecule has 0 fully saturated rings. The lowest BCUT2D eigenvalue weighted by molar-refractivity contribution is 0.102. The van der Waals surface area contributed by atoms with E-state index in [4.69, 9.17) is 0 Å². The van der Waals surface area contributed by atoms with Gasteiger partial charge in [0.25, 0.3) is 11.8 Å². The molecule has 4 rings (SSSR count). The number of aromatic nitrogens is 2. The fourth-order valence-electron chi connectivity index (χ4n) is 3.07. The third-order valence-corrected chi connectivity index (χ3v) is 6.80. The molecule has 0 aliphatic rings. The molecule has 1 heterocycles. The topological polar surface area (TPSA) is 84.0 Å². The fraction of sp³-hybridized carbons (Fsp3) is 0.120. The number of nitrogens with one attached hydrogen (secondary N) is 2. The van der Waals surface area contributed by atoms with E-state index in [1.54, 1.807) is 48.2 Å². The number of aryl methyl sites for hydroxylation is 1. The summed E-state index contributed by atoms with van der Waals surface area (Å²) >= 11 is 3.01. The largest absolute Gasteiger partial charge is 0.322 e. The van der Waals surface area contributed by atoms with Crippen molar-refractivity contribution < 1.29 is 9.59 Å². The zero-order valence-corrected chi connectivity index (χ0v) is 19.4. The second kappa shape index (κ2) is 11.4. The van der Waals surface area contributed by atoms with Crippen molar-refractivity contribution in [3.05, 3.63) is 102 Å². The Morgan fingerprint density at radius 1 is 0.758 bits per heavy atom. The van der Waals surface area contributed by atoms with E-state index in [-0.39, 0.29) is 11.8 Å². The molecule has 0 unspecified atom stereocenters. The van der Waals surface area contributed by atoms with Crippen molar-refractivity contribution in [3.63, 3.8) is 0 Å². The molecule has 2 amide bonds. The number of benzene rings is 3. The Morgan fingerprint density at radius 2 is 1.39 bits per heavy atom. The van der Waals surface area contributed by atoms with Crippen molar-refractivity contribution in [2.24, 2.45) is 0 Å². The number of anilines is 2. The van der Waals surface area contributed by atoms with E-state index in [0.29, 0.717) is 21.9 Å². The van der Waals surface area contributed by atoms with Gasteiger partial charge in [-0.1, -0.05) is 71.6 Å². The maximum atomic E-state index is 12.5. The fourth-order valence-corrected chi connectivity index (χ4v) is 4.82. The van der Waals surface area contributed by atoms with Gasteiger partial charge < -0.3 is 5.32 Å². The summed E-state index contributed by atoms with van der Waals surface area (Å²) in [5.74, 6) is 0.469. The van der Waals surface area contributed by atoms with E-state index in [2.05, 4.69) is 45.1 Å². The second-order valence-electron chi connectivity index (χ2n) is 7.16. The average molecular weight is 475 g/mol. The first kappa shape index (κ1) is 22.7. The Balaban J connectivity index is 1.24. The molecule has 0 aliphatic heterocycles. The van der Waals surface area contributed by atoms with Crippen molar-refractivity contribution >= 4 is 45.7 Å². The summed E-state index contributed by atoms with van der Waals surface area (Å²) in [5.41, 5.74) is 2.99. The zero-order chi connectivity index (χ0) is 22.9. The molecule has 3 aromatic carbocycles. The number of thioether (sulfide) groups is 1. The van der Waals surface area contributed by atoms with E-state index >= 15 is 0 Å². The van der Waals surface area contributed by atoms with E-state index in [1.807, 2.05) is 24.3 Å². The number of rotatable bonds is 9. The summed E-state index contributed by atoms with van der Waals surface area (Å²) in [6.07, 6.45) is 2.07. The summed E-state index contributed by atoms with van der Waals surface area (Å²) < 4.78 is 0.831. The van der Waals surface area contributed by atoms with E-state index < -0.39 is 0 Å². The van der Waals surface area contributed by atoms with Gasteiger partial charge in [0, 0.05) is 22.6 Å². The van der Waals surface area contributed by atoms with Gasteiger partial charge in [-0.15, -0.1) is 10.2 Å².